The number of nitro benzene ring substituents is 1. The lowest BCUT2D eigenvalue weighted by Gasteiger charge is -2.27. The molecule has 1 aliphatic heterocycles. The maximum absolute atomic E-state index is 12.9. The molecule has 26 heavy (non-hydrogen) atoms. The van der Waals surface area contributed by atoms with Gasteiger partial charge in [0.25, 0.3) is 5.69 Å². The number of hydrogen-bond donors (Lipinski definition) is 0. The average Bonchev–Trinajstić information content (AvgIpc) is 3.46. The molecule has 7 nitrogen and oxygen atoms in total. The van der Waals surface area contributed by atoms with Crippen molar-refractivity contribution in [3.8, 4) is 0 Å². The second-order valence-corrected chi connectivity index (χ2v) is 9.35. The normalized spacial score (nSPS) is 20.4. The van der Waals surface area contributed by atoms with Gasteiger partial charge in [-0.1, -0.05) is 12.8 Å². The molecule has 1 atom stereocenters. The van der Waals surface area contributed by atoms with Crippen molar-refractivity contribution >= 4 is 21.4 Å². The predicted octanol–water partition coefficient (Wildman–Crippen LogP) is 3.39. The third-order valence-electron chi connectivity index (χ3n) is 5.64. The topological polar surface area (TPSA) is 83.8 Å². The molecule has 1 saturated carbocycles. The van der Waals surface area contributed by atoms with Gasteiger partial charge in [-0.15, -0.1) is 0 Å². The Balaban J connectivity index is 1.93. The van der Waals surface area contributed by atoms with E-state index in [2.05, 4.69) is 6.92 Å². The summed E-state index contributed by atoms with van der Waals surface area (Å²) in [5.41, 5.74) is 0.333. The molecule has 0 aromatic heterocycles. The number of rotatable bonds is 6. The third-order valence-corrected chi connectivity index (χ3v) is 7.54. The van der Waals surface area contributed by atoms with Gasteiger partial charge in [0.05, 0.1) is 9.82 Å². The highest BCUT2D eigenvalue weighted by molar-refractivity contribution is 7.89. The molecule has 1 aromatic carbocycles. The number of nitro groups is 1. The Bertz CT molecular complexity index is 769. The number of hydrogen-bond acceptors (Lipinski definition) is 5. The highest BCUT2D eigenvalue weighted by Crippen LogP contribution is 2.39. The minimum Gasteiger partial charge on any atom is -0.366 e. The van der Waals surface area contributed by atoms with Crippen LogP contribution in [0.4, 0.5) is 11.4 Å². The van der Waals surface area contributed by atoms with Gasteiger partial charge in [-0.05, 0) is 50.7 Å². The molecule has 8 heteroatoms. The summed E-state index contributed by atoms with van der Waals surface area (Å²) in [5.74, 6) is 0.556. The first kappa shape index (κ1) is 19.1. The second-order valence-electron chi connectivity index (χ2n) is 7.41. The van der Waals surface area contributed by atoms with Crippen LogP contribution in [0, 0.1) is 16.0 Å². The fourth-order valence-electron chi connectivity index (χ4n) is 3.65. The predicted molar refractivity (Wildman–Crippen MR) is 101 cm³/mol. The molecule has 1 aliphatic carbocycles. The van der Waals surface area contributed by atoms with E-state index in [0.717, 1.165) is 38.5 Å². The van der Waals surface area contributed by atoms with Crippen molar-refractivity contribution in [3.05, 3.63) is 28.3 Å². The number of sulfonamides is 1. The zero-order chi connectivity index (χ0) is 18.9. The van der Waals surface area contributed by atoms with Gasteiger partial charge in [-0.3, -0.25) is 10.1 Å². The lowest BCUT2D eigenvalue weighted by molar-refractivity contribution is -0.384. The molecule has 0 N–H and O–H groups in total. The smallest absolute Gasteiger partial charge is 0.293 e. The number of anilines is 1. The standard InChI is InChI=1S/C18H27N3O4S/c1-14(15-7-8-15)19(2)17-10-9-16(13-18(17)21(22)23)26(24,25)20-11-5-3-4-6-12-20/h9-10,13-15H,3-8,11-12H2,1-2H3. The van der Waals surface area contributed by atoms with E-state index in [1.807, 2.05) is 11.9 Å². The van der Waals surface area contributed by atoms with E-state index in [-0.39, 0.29) is 16.6 Å². The quantitative estimate of drug-likeness (QED) is 0.557. The van der Waals surface area contributed by atoms with Gasteiger partial charge < -0.3 is 4.90 Å². The highest BCUT2D eigenvalue weighted by atomic mass is 32.2. The average molecular weight is 381 g/mol. The molecule has 1 heterocycles. The molecule has 1 aromatic rings. The summed E-state index contributed by atoms with van der Waals surface area (Å²) in [4.78, 5) is 13.1. The molecular formula is C18H27N3O4S. The van der Waals surface area contributed by atoms with Crippen molar-refractivity contribution in [1.82, 2.24) is 4.31 Å². The Kier molecular flexibility index (Phi) is 5.53. The molecule has 0 radical (unpaired) electrons. The minimum absolute atomic E-state index is 0.0160. The second kappa shape index (κ2) is 7.52. The summed E-state index contributed by atoms with van der Waals surface area (Å²) in [6, 6.07) is 4.52. The molecule has 144 valence electrons. The summed E-state index contributed by atoms with van der Waals surface area (Å²) in [5, 5.41) is 11.6. The van der Waals surface area contributed by atoms with Crippen molar-refractivity contribution in [2.75, 3.05) is 25.0 Å². The largest absolute Gasteiger partial charge is 0.366 e. The Morgan fingerprint density at radius 3 is 2.35 bits per heavy atom. The Labute approximate surface area is 155 Å². The van der Waals surface area contributed by atoms with Gasteiger partial charge in [-0.25, -0.2) is 8.42 Å². The molecule has 0 spiro atoms. The first-order valence-corrected chi connectivity index (χ1v) is 10.8. The summed E-state index contributed by atoms with van der Waals surface area (Å²) in [7, 11) is -1.86. The van der Waals surface area contributed by atoms with Crippen molar-refractivity contribution in [2.45, 2.75) is 56.4 Å². The molecule has 0 bridgehead atoms. The van der Waals surface area contributed by atoms with E-state index in [4.69, 9.17) is 0 Å². The van der Waals surface area contributed by atoms with Crippen LogP contribution in [-0.4, -0.2) is 43.8 Å². The Morgan fingerprint density at radius 1 is 1.19 bits per heavy atom. The Morgan fingerprint density at radius 2 is 1.81 bits per heavy atom. The maximum Gasteiger partial charge on any atom is 0.293 e. The van der Waals surface area contributed by atoms with E-state index >= 15 is 0 Å². The van der Waals surface area contributed by atoms with Crippen LogP contribution in [0.5, 0.6) is 0 Å². The fraction of sp³-hybridized carbons (Fsp3) is 0.667. The first-order chi connectivity index (χ1) is 12.3. The molecule has 2 aliphatic rings. The lowest BCUT2D eigenvalue weighted by atomic mass is 10.1. The summed E-state index contributed by atoms with van der Waals surface area (Å²) in [6.45, 7) is 3.02. The van der Waals surface area contributed by atoms with Gasteiger partial charge in [0, 0.05) is 32.2 Å². The molecule has 0 amide bonds. The molecule has 2 fully saturated rings. The highest BCUT2D eigenvalue weighted by Gasteiger charge is 2.34. The minimum atomic E-state index is -3.70. The van der Waals surface area contributed by atoms with Crippen molar-refractivity contribution < 1.29 is 13.3 Å². The van der Waals surface area contributed by atoms with Crippen LogP contribution in [0.2, 0.25) is 0 Å². The molecule has 1 unspecified atom stereocenters. The molecule has 3 rings (SSSR count). The van der Waals surface area contributed by atoms with Gasteiger partial charge in [0.2, 0.25) is 10.0 Å². The summed E-state index contributed by atoms with van der Waals surface area (Å²) in [6.07, 6.45) is 5.99. The lowest BCUT2D eigenvalue weighted by Crippen LogP contribution is -2.33. The number of benzene rings is 1. The van der Waals surface area contributed by atoms with Gasteiger partial charge >= 0.3 is 0 Å². The molecular weight excluding hydrogens is 354 g/mol. The van der Waals surface area contributed by atoms with Crippen molar-refractivity contribution in [3.63, 3.8) is 0 Å². The van der Waals surface area contributed by atoms with E-state index in [9.17, 15) is 18.5 Å². The SMILES string of the molecule is CC(C1CC1)N(C)c1ccc(S(=O)(=O)N2CCCCCC2)cc1[N+](=O)[O-]. The van der Waals surface area contributed by atoms with Crippen LogP contribution in [-0.2, 0) is 10.0 Å². The summed E-state index contributed by atoms with van der Waals surface area (Å²) >= 11 is 0. The summed E-state index contributed by atoms with van der Waals surface area (Å²) < 4.78 is 27.3. The van der Waals surface area contributed by atoms with Crippen LogP contribution in [0.3, 0.4) is 0 Å². The Hall–Kier alpha value is -1.67. The van der Waals surface area contributed by atoms with Gasteiger partial charge in [0.1, 0.15) is 5.69 Å². The fourth-order valence-corrected chi connectivity index (χ4v) is 5.19. The van der Waals surface area contributed by atoms with Crippen LogP contribution in [0.25, 0.3) is 0 Å². The van der Waals surface area contributed by atoms with Crippen molar-refractivity contribution in [2.24, 2.45) is 5.92 Å². The van der Waals surface area contributed by atoms with E-state index in [1.165, 1.54) is 16.4 Å². The van der Waals surface area contributed by atoms with Crippen LogP contribution < -0.4 is 4.90 Å². The third kappa shape index (κ3) is 3.86. The zero-order valence-electron chi connectivity index (χ0n) is 15.4. The van der Waals surface area contributed by atoms with Crippen LogP contribution in [0.1, 0.15) is 45.4 Å². The van der Waals surface area contributed by atoms with E-state index in [0.29, 0.717) is 24.7 Å². The van der Waals surface area contributed by atoms with Gasteiger partial charge in [0.15, 0.2) is 0 Å². The van der Waals surface area contributed by atoms with Crippen LogP contribution >= 0.6 is 0 Å². The first-order valence-electron chi connectivity index (χ1n) is 9.34. The maximum atomic E-state index is 12.9. The van der Waals surface area contributed by atoms with Crippen molar-refractivity contribution in [1.29, 1.82) is 0 Å². The number of nitrogens with zero attached hydrogens (tertiary/aromatic N) is 3. The molecule has 1 saturated heterocycles. The zero-order valence-corrected chi connectivity index (χ0v) is 16.2. The monoisotopic (exact) mass is 381 g/mol. The van der Waals surface area contributed by atoms with Crippen LogP contribution in [0.15, 0.2) is 23.1 Å². The van der Waals surface area contributed by atoms with Gasteiger partial charge in [-0.2, -0.15) is 4.31 Å². The van der Waals surface area contributed by atoms with E-state index in [1.54, 1.807) is 6.07 Å². The van der Waals surface area contributed by atoms with E-state index < -0.39 is 14.9 Å².